The van der Waals surface area contributed by atoms with Crippen molar-refractivity contribution < 1.29 is 4.74 Å². The quantitative estimate of drug-likeness (QED) is 0.817. The maximum absolute atomic E-state index is 6.16. The van der Waals surface area contributed by atoms with Crippen molar-refractivity contribution in [1.82, 2.24) is 4.98 Å². The predicted octanol–water partition coefficient (Wildman–Crippen LogP) is 2.85. The monoisotopic (exact) mass is 228 g/mol. The molecule has 74 valence electrons. The number of hydrogen-bond acceptors (Lipinski definition) is 4. The van der Waals surface area contributed by atoms with Crippen molar-refractivity contribution >= 4 is 38.3 Å². The van der Waals surface area contributed by atoms with Crippen molar-refractivity contribution in [3.8, 4) is 5.75 Å². The van der Waals surface area contributed by atoms with E-state index in [-0.39, 0.29) is 0 Å². The Bertz CT molecular complexity index is 495. The summed E-state index contributed by atoms with van der Waals surface area (Å²) in [5.74, 6) is 0.743. The van der Waals surface area contributed by atoms with Crippen molar-refractivity contribution in [3.63, 3.8) is 0 Å². The second-order valence-electron chi connectivity index (χ2n) is 2.92. The highest BCUT2D eigenvalue weighted by atomic mass is 35.5. The molecule has 1 aromatic heterocycles. The van der Waals surface area contributed by atoms with E-state index in [1.807, 2.05) is 13.0 Å². The van der Waals surface area contributed by atoms with Crippen molar-refractivity contribution in [2.75, 3.05) is 12.8 Å². The molecule has 0 spiro atoms. The molecule has 0 atom stereocenters. The van der Waals surface area contributed by atoms with E-state index in [1.54, 1.807) is 7.11 Å². The lowest BCUT2D eigenvalue weighted by molar-refractivity contribution is 0.412. The largest absolute Gasteiger partial charge is 0.496 e. The van der Waals surface area contributed by atoms with E-state index in [2.05, 4.69) is 4.98 Å². The van der Waals surface area contributed by atoms with E-state index < -0.39 is 0 Å². The van der Waals surface area contributed by atoms with E-state index in [0.717, 1.165) is 21.5 Å². The average molecular weight is 229 g/mol. The van der Waals surface area contributed by atoms with Crippen LogP contribution in [-0.4, -0.2) is 12.1 Å². The van der Waals surface area contributed by atoms with Gasteiger partial charge < -0.3 is 10.5 Å². The molecule has 0 aliphatic carbocycles. The van der Waals surface area contributed by atoms with Crippen LogP contribution in [0.4, 0.5) is 5.13 Å². The molecule has 1 aromatic carbocycles. The lowest BCUT2D eigenvalue weighted by Gasteiger charge is -2.05. The normalized spacial score (nSPS) is 10.8. The minimum absolute atomic E-state index is 0.523. The maximum atomic E-state index is 6.16. The number of ether oxygens (including phenoxy) is 1. The van der Waals surface area contributed by atoms with Gasteiger partial charge in [0.15, 0.2) is 5.13 Å². The fourth-order valence-electron chi connectivity index (χ4n) is 1.33. The van der Waals surface area contributed by atoms with Crippen LogP contribution in [-0.2, 0) is 0 Å². The number of methoxy groups -OCH3 is 1. The number of thiazole rings is 1. The number of nitrogen functional groups attached to an aromatic ring is 1. The van der Waals surface area contributed by atoms with Crippen LogP contribution in [0.5, 0.6) is 5.75 Å². The first-order valence-electron chi connectivity index (χ1n) is 4.02. The Kier molecular flexibility index (Phi) is 2.25. The molecule has 3 nitrogen and oxygen atoms in total. The van der Waals surface area contributed by atoms with Gasteiger partial charge in [-0.05, 0) is 6.92 Å². The van der Waals surface area contributed by atoms with Crippen molar-refractivity contribution in [1.29, 1.82) is 0 Å². The molecular formula is C9H9ClN2OS. The number of benzene rings is 1. The number of hydrogen-bond donors (Lipinski definition) is 1. The van der Waals surface area contributed by atoms with Gasteiger partial charge in [0.2, 0.25) is 0 Å². The molecule has 0 aliphatic heterocycles. The number of rotatable bonds is 1. The SMILES string of the molecule is COc1cc2nc(N)sc2c(Cl)c1C. The van der Waals surface area contributed by atoms with Crippen LogP contribution in [0.2, 0.25) is 5.02 Å². The van der Waals surface area contributed by atoms with E-state index in [9.17, 15) is 0 Å². The van der Waals surface area contributed by atoms with Crippen LogP contribution in [0.3, 0.4) is 0 Å². The van der Waals surface area contributed by atoms with Crippen LogP contribution >= 0.6 is 22.9 Å². The van der Waals surface area contributed by atoms with Gasteiger partial charge in [-0.1, -0.05) is 22.9 Å². The summed E-state index contributed by atoms with van der Waals surface area (Å²) in [6, 6.07) is 1.85. The topological polar surface area (TPSA) is 48.1 Å². The van der Waals surface area contributed by atoms with Gasteiger partial charge in [-0.3, -0.25) is 0 Å². The zero-order valence-corrected chi connectivity index (χ0v) is 9.37. The van der Waals surface area contributed by atoms with Gasteiger partial charge in [0.25, 0.3) is 0 Å². The van der Waals surface area contributed by atoms with Gasteiger partial charge in [0.05, 0.1) is 22.3 Å². The van der Waals surface area contributed by atoms with Crippen molar-refractivity contribution in [2.24, 2.45) is 0 Å². The third kappa shape index (κ3) is 1.31. The summed E-state index contributed by atoms with van der Waals surface area (Å²) in [5, 5.41) is 1.20. The van der Waals surface area contributed by atoms with Gasteiger partial charge in [0.1, 0.15) is 5.75 Å². The summed E-state index contributed by atoms with van der Waals surface area (Å²) in [5.41, 5.74) is 7.32. The van der Waals surface area contributed by atoms with E-state index >= 15 is 0 Å². The highest BCUT2D eigenvalue weighted by Gasteiger charge is 2.12. The molecule has 0 saturated carbocycles. The standard InChI is InChI=1S/C9H9ClN2OS/c1-4-6(13-2)3-5-8(7(4)10)14-9(11)12-5/h3H,1-2H3,(H2,11,12). The smallest absolute Gasteiger partial charge is 0.181 e. The summed E-state index contributed by atoms with van der Waals surface area (Å²) in [7, 11) is 1.61. The Morgan fingerprint density at radius 2 is 2.29 bits per heavy atom. The third-order valence-electron chi connectivity index (χ3n) is 2.06. The van der Waals surface area contributed by atoms with Crippen LogP contribution in [0.1, 0.15) is 5.56 Å². The zero-order valence-electron chi connectivity index (χ0n) is 7.80. The van der Waals surface area contributed by atoms with Crippen molar-refractivity contribution in [3.05, 3.63) is 16.7 Å². The summed E-state index contributed by atoms with van der Waals surface area (Å²) in [6.45, 7) is 1.91. The van der Waals surface area contributed by atoms with Crippen LogP contribution < -0.4 is 10.5 Å². The maximum Gasteiger partial charge on any atom is 0.181 e. The molecule has 1 heterocycles. The molecule has 0 unspecified atom stereocenters. The number of fused-ring (bicyclic) bond motifs is 1. The molecular weight excluding hydrogens is 220 g/mol. The van der Waals surface area contributed by atoms with Gasteiger partial charge in [-0.2, -0.15) is 0 Å². The van der Waals surface area contributed by atoms with Gasteiger partial charge in [-0.15, -0.1) is 0 Å². The molecule has 5 heteroatoms. The Hall–Kier alpha value is -1.00. The third-order valence-corrected chi connectivity index (χ3v) is 3.56. The summed E-state index contributed by atoms with van der Waals surface area (Å²) in [4.78, 5) is 4.16. The van der Waals surface area contributed by atoms with Crippen LogP contribution in [0.15, 0.2) is 6.07 Å². The number of anilines is 1. The number of aromatic nitrogens is 1. The molecule has 2 rings (SSSR count). The molecule has 0 radical (unpaired) electrons. The first-order valence-corrected chi connectivity index (χ1v) is 5.22. The molecule has 0 aliphatic rings. The highest BCUT2D eigenvalue weighted by molar-refractivity contribution is 7.22. The summed E-state index contributed by atoms with van der Waals surface area (Å²) >= 11 is 7.55. The molecule has 0 bridgehead atoms. The highest BCUT2D eigenvalue weighted by Crippen LogP contribution is 2.37. The Morgan fingerprint density at radius 1 is 1.57 bits per heavy atom. The molecule has 0 fully saturated rings. The fourth-order valence-corrected chi connectivity index (χ4v) is 2.44. The van der Waals surface area contributed by atoms with Gasteiger partial charge in [-0.25, -0.2) is 4.98 Å². The van der Waals surface area contributed by atoms with E-state index in [0.29, 0.717) is 10.2 Å². The number of halogens is 1. The second-order valence-corrected chi connectivity index (χ2v) is 4.33. The van der Waals surface area contributed by atoms with Crippen LogP contribution in [0, 0.1) is 6.92 Å². The van der Waals surface area contributed by atoms with Gasteiger partial charge >= 0.3 is 0 Å². The molecule has 2 aromatic rings. The number of nitrogens with zero attached hydrogens (tertiary/aromatic N) is 1. The van der Waals surface area contributed by atoms with Crippen molar-refractivity contribution in [2.45, 2.75) is 6.92 Å². The fraction of sp³-hybridized carbons (Fsp3) is 0.222. The van der Waals surface area contributed by atoms with E-state index in [1.165, 1.54) is 11.3 Å². The van der Waals surface area contributed by atoms with Crippen LogP contribution in [0.25, 0.3) is 10.2 Å². The second kappa shape index (κ2) is 3.29. The summed E-state index contributed by atoms with van der Waals surface area (Å²) in [6.07, 6.45) is 0. The summed E-state index contributed by atoms with van der Waals surface area (Å²) < 4.78 is 6.10. The average Bonchev–Trinajstić information content (AvgIpc) is 2.52. The lowest BCUT2D eigenvalue weighted by atomic mass is 10.2. The predicted molar refractivity (Wildman–Crippen MR) is 60.3 cm³/mol. The molecule has 14 heavy (non-hydrogen) atoms. The first kappa shape index (κ1) is 9.55. The zero-order chi connectivity index (χ0) is 10.3. The number of nitrogens with two attached hydrogens (primary N) is 1. The van der Waals surface area contributed by atoms with Gasteiger partial charge in [0, 0.05) is 11.6 Å². The first-order chi connectivity index (χ1) is 6.63. The molecule has 0 saturated heterocycles. The Balaban J connectivity index is 2.84. The molecule has 2 N–H and O–H groups in total. The minimum Gasteiger partial charge on any atom is -0.496 e. The Labute approximate surface area is 90.5 Å². The minimum atomic E-state index is 0.523. The molecule has 0 amide bonds. The van der Waals surface area contributed by atoms with E-state index in [4.69, 9.17) is 22.1 Å². The lowest BCUT2D eigenvalue weighted by Crippen LogP contribution is -1.88. The Morgan fingerprint density at radius 3 is 2.93 bits per heavy atom.